The van der Waals surface area contributed by atoms with E-state index in [1.807, 2.05) is 0 Å². The largest absolute Gasteiger partial charge is 0.465 e. The highest BCUT2D eigenvalue weighted by Crippen LogP contribution is 2.11. The summed E-state index contributed by atoms with van der Waals surface area (Å²) in [5.41, 5.74) is 0.840. The van der Waals surface area contributed by atoms with Crippen LogP contribution in [0.1, 0.15) is 41.4 Å². The second-order valence-corrected chi connectivity index (χ2v) is 5.87. The van der Waals surface area contributed by atoms with Gasteiger partial charge in [-0.25, -0.2) is 19.2 Å². The number of methoxy groups -OCH3 is 6. The number of hydrogen-bond donors (Lipinski definition) is 0. The van der Waals surface area contributed by atoms with Gasteiger partial charge in [0, 0.05) is 28.4 Å². The standard InChI is InChI=1S/2C10H10O4.2C2H6O.H2O/c2*1-13-9(11)7-5-3-4-6-8(7)10(12)14-2;2*1-3-2;/h2*3-6H,1-2H3;2*1-2H3;1H2. The Morgan fingerprint density at radius 3 is 0.686 bits per heavy atom. The Kier molecular flexibility index (Phi) is 22.5. The summed E-state index contributed by atoms with van der Waals surface area (Å²) in [6, 6.07) is 12.7. The minimum atomic E-state index is -0.550. The van der Waals surface area contributed by atoms with Crippen LogP contribution in [0.2, 0.25) is 0 Å². The molecule has 2 N–H and O–H groups in total. The van der Waals surface area contributed by atoms with Crippen molar-refractivity contribution in [2.45, 2.75) is 0 Å². The predicted molar refractivity (Wildman–Crippen MR) is 128 cm³/mol. The zero-order valence-corrected chi connectivity index (χ0v) is 21.2. The molecule has 2 aromatic rings. The molecule has 0 radical (unpaired) electrons. The van der Waals surface area contributed by atoms with Crippen LogP contribution in [0.4, 0.5) is 0 Å². The van der Waals surface area contributed by atoms with Crippen molar-refractivity contribution in [1.82, 2.24) is 0 Å². The molecule has 0 amide bonds. The topological polar surface area (TPSA) is 155 Å². The fraction of sp³-hybridized carbons (Fsp3) is 0.333. The van der Waals surface area contributed by atoms with E-state index in [0.717, 1.165) is 0 Å². The van der Waals surface area contributed by atoms with Crippen molar-refractivity contribution in [3.8, 4) is 0 Å². The first-order valence-electron chi connectivity index (χ1n) is 9.55. The molecule has 0 saturated heterocycles. The average Bonchev–Trinajstić information content (AvgIpc) is 2.88. The number of rotatable bonds is 4. The molecule has 0 saturated carbocycles. The van der Waals surface area contributed by atoms with Crippen LogP contribution in [0.15, 0.2) is 48.5 Å². The summed E-state index contributed by atoms with van der Waals surface area (Å²) in [7, 11) is 11.5. The van der Waals surface area contributed by atoms with Crippen molar-refractivity contribution in [2.75, 3.05) is 56.9 Å². The Morgan fingerprint density at radius 1 is 0.429 bits per heavy atom. The molecule has 35 heavy (non-hydrogen) atoms. The van der Waals surface area contributed by atoms with Gasteiger partial charge in [-0.2, -0.15) is 0 Å². The minimum Gasteiger partial charge on any atom is -0.465 e. The van der Waals surface area contributed by atoms with Gasteiger partial charge < -0.3 is 33.9 Å². The molecule has 0 aliphatic carbocycles. The van der Waals surface area contributed by atoms with Gasteiger partial charge in [0.25, 0.3) is 0 Å². The van der Waals surface area contributed by atoms with E-state index in [4.69, 9.17) is 0 Å². The Labute approximate surface area is 205 Å². The Morgan fingerprint density at radius 2 is 0.571 bits per heavy atom. The lowest BCUT2D eigenvalue weighted by molar-refractivity contribution is 0.0555. The molecule has 2 aromatic carbocycles. The van der Waals surface area contributed by atoms with Crippen molar-refractivity contribution in [1.29, 1.82) is 0 Å². The van der Waals surface area contributed by atoms with E-state index >= 15 is 0 Å². The van der Waals surface area contributed by atoms with E-state index in [1.165, 1.54) is 52.7 Å². The van der Waals surface area contributed by atoms with Crippen LogP contribution in [-0.4, -0.2) is 86.2 Å². The highest BCUT2D eigenvalue weighted by atomic mass is 16.5. The lowest BCUT2D eigenvalue weighted by Gasteiger charge is -2.04. The summed E-state index contributed by atoms with van der Waals surface area (Å²) in [5.74, 6) is -2.20. The number of hydrogen-bond acceptors (Lipinski definition) is 10. The van der Waals surface area contributed by atoms with E-state index < -0.39 is 23.9 Å². The van der Waals surface area contributed by atoms with Crippen LogP contribution < -0.4 is 0 Å². The lowest BCUT2D eigenvalue weighted by Crippen LogP contribution is -2.11. The van der Waals surface area contributed by atoms with Gasteiger partial charge in [-0.1, -0.05) is 24.3 Å². The average molecular weight is 499 g/mol. The molecule has 0 aromatic heterocycles. The van der Waals surface area contributed by atoms with E-state index in [9.17, 15) is 19.2 Å². The first kappa shape index (κ1) is 35.8. The van der Waals surface area contributed by atoms with Gasteiger partial charge in [0.2, 0.25) is 0 Å². The number of benzene rings is 2. The van der Waals surface area contributed by atoms with Crippen molar-refractivity contribution in [3.63, 3.8) is 0 Å². The molecule has 11 nitrogen and oxygen atoms in total. The first-order valence-corrected chi connectivity index (χ1v) is 9.55. The fourth-order valence-electron chi connectivity index (χ4n) is 2.12. The Balaban J connectivity index is -0.000000467. The summed E-state index contributed by atoms with van der Waals surface area (Å²) in [6.07, 6.45) is 0. The van der Waals surface area contributed by atoms with E-state index in [2.05, 4.69) is 28.4 Å². The summed E-state index contributed by atoms with van der Waals surface area (Å²) < 4.78 is 26.6. The summed E-state index contributed by atoms with van der Waals surface area (Å²) in [6.45, 7) is 0. The van der Waals surface area contributed by atoms with Crippen molar-refractivity contribution in [2.24, 2.45) is 0 Å². The molecule has 0 bridgehead atoms. The molecule has 0 atom stereocenters. The molecule has 11 heteroatoms. The summed E-state index contributed by atoms with van der Waals surface area (Å²) in [4.78, 5) is 44.9. The molecular formula is C24H34O11. The van der Waals surface area contributed by atoms with Crippen LogP contribution >= 0.6 is 0 Å². The van der Waals surface area contributed by atoms with Crippen molar-refractivity contribution < 1.29 is 53.1 Å². The number of ether oxygens (including phenoxy) is 6. The van der Waals surface area contributed by atoms with Gasteiger partial charge in [0.05, 0.1) is 50.7 Å². The van der Waals surface area contributed by atoms with Crippen molar-refractivity contribution in [3.05, 3.63) is 70.8 Å². The van der Waals surface area contributed by atoms with E-state index in [0.29, 0.717) is 0 Å². The molecule has 0 spiro atoms. The van der Waals surface area contributed by atoms with Gasteiger partial charge in [-0.05, 0) is 24.3 Å². The van der Waals surface area contributed by atoms with Crippen molar-refractivity contribution >= 4 is 23.9 Å². The number of carbonyl (C=O) groups is 4. The smallest absolute Gasteiger partial charge is 0.338 e. The predicted octanol–water partition coefficient (Wildman–Crippen LogP) is 2.22. The SMILES string of the molecule is COC.COC.COC(=O)c1ccccc1C(=O)OC.COC(=O)c1ccccc1C(=O)OC.O. The maximum Gasteiger partial charge on any atom is 0.338 e. The molecule has 196 valence electrons. The lowest BCUT2D eigenvalue weighted by atomic mass is 10.1. The van der Waals surface area contributed by atoms with Gasteiger partial charge in [0.15, 0.2) is 0 Å². The second kappa shape index (κ2) is 22.0. The molecule has 0 aliphatic heterocycles. The normalized spacial score (nSPS) is 8.46. The third-order valence-electron chi connectivity index (χ3n) is 3.48. The Hall–Kier alpha value is -3.80. The first-order chi connectivity index (χ1) is 16.2. The van der Waals surface area contributed by atoms with Gasteiger partial charge in [0.1, 0.15) is 0 Å². The van der Waals surface area contributed by atoms with Crippen LogP contribution in [-0.2, 0) is 28.4 Å². The third kappa shape index (κ3) is 13.5. The zero-order valence-electron chi connectivity index (χ0n) is 21.2. The van der Waals surface area contributed by atoms with Gasteiger partial charge in [-0.15, -0.1) is 0 Å². The molecule has 0 unspecified atom stereocenters. The monoisotopic (exact) mass is 498 g/mol. The van der Waals surface area contributed by atoms with Gasteiger partial charge >= 0.3 is 23.9 Å². The molecular weight excluding hydrogens is 464 g/mol. The third-order valence-corrected chi connectivity index (χ3v) is 3.48. The molecule has 0 fully saturated rings. The van der Waals surface area contributed by atoms with E-state index in [1.54, 1.807) is 52.7 Å². The second-order valence-electron chi connectivity index (χ2n) is 5.87. The molecule has 0 aliphatic rings. The highest BCUT2D eigenvalue weighted by molar-refractivity contribution is 6.03. The highest BCUT2D eigenvalue weighted by Gasteiger charge is 2.17. The quantitative estimate of drug-likeness (QED) is 0.452. The maximum absolute atomic E-state index is 11.2. The maximum atomic E-state index is 11.2. The number of esters is 4. The molecule has 0 heterocycles. The van der Waals surface area contributed by atoms with E-state index in [-0.39, 0.29) is 27.7 Å². The zero-order chi connectivity index (χ0) is 26.5. The fourth-order valence-corrected chi connectivity index (χ4v) is 2.12. The van der Waals surface area contributed by atoms with Crippen LogP contribution in [0.3, 0.4) is 0 Å². The van der Waals surface area contributed by atoms with Gasteiger partial charge in [-0.3, -0.25) is 0 Å². The van der Waals surface area contributed by atoms with Crippen LogP contribution in [0, 0.1) is 0 Å². The summed E-state index contributed by atoms with van der Waals surface area (Å²) >= 11 is 0. The minimum absolute atomic E-state index is 0. The number of carbonyl (C=O) groups excluding carboxylic acids is 4. The van der Waals surface area contributed by atoms with Crippen LogP contribution in [0.5, 0.6) is 0 Å². The summed E-state index contributed by atoms with van der Waals surface area (Å²) in [5, 5.41) is 0. The molecule has 2 rings (SSSR count). The van der Waals surface area contributed by atoms with Crippen LogP contribution in [0.25, 0.3) is 0 Å². The Bertz CT molecular complexity index is 751.